The van der Waals surface area contributed by atoms with Gasteiger partial charge in [0.05, 0.1) is 12.2 Å². The smallest absolute Gasteiger partial charge is 0.254 e. The molecule has 0 N–H and O–H groups in total. The number of para-hydroxylation sites is 1. The molecular formula is C20H13F7N4O2. The van der Waals surface area contributed by atoms with Gasteiger partial charge in [-0.1, -0.05) is 48.5 Å². The van der Waals surface area contributed by atoms with Gasteiger partial charge in [-0.3, -0.25) is 4.99 Å². The minimum absolute atomic E-state index is 0.0156. The van der Waals surface area contributed by atoms with Crippen LogP contribution in [0.25, 0.3) is 5.69 Å². The van der Waals surface area contributed by atoms with Crippen LogP contribution >= 0.6 is 0 Å². The van der Waals surface area contributed by atoms with Gasteiger partial charge in [-0.05, 0) is 17.7 Å². The monoisotopic (exact) mass is 474 g/mol. The fourth-order valence-electron chi connectivity index (χ4n) is 3.44. The fourth-order valence-corrected chi connectivity index (χ4v) is 3.44. The Hall–Kier alpha value is -3.64. The van der Waals surface area contributed by atoms with Gasteiger partial charge < -0.3 is 0 Å². The summed E-state index contributed by atoms with van der Waals surface area (Å²) in [6, 6.07) is 14.2. The molecule has 0 bridgehead atoms. The number of hydrogen-bond donors (Lipinski definition) is 0. The minimum atomic E-state index is -6.58. The summed E-state index contributed by atoms with van der Waals surface area (Å²) in [6.45, 7) is -1.45. The maximum absolute atomic E-state index is 14.5. The lowest BCUT2D eigenvalue weighted by Crippen LogP contribution is -2.58. The second-order valence-corrected chi connectivity index (χ2v) is 7.15. The zero-order valence-corrected chi connectivity index (χ0v) is 16.3. The van der Waals surface area contributed by atoms with E-state index in [0.717, 1.165) is 0 Å². The van der Waals surface area contributed by atoms with E-state index in [4.69, 9.17) is 0 Å². The summed E-state index contributed by atoms with van der Waals surface area (Å²) in [7, 11) is 0. The van der Waals surface area contributed by atoms with Crippen molar-refractivity contribution in [1.82, 2.24) is 13.9 Å². The van der Waals surface area contributed by atoms with Gasteiger partial charge in [0.15, 0.2) is 6.17 Å². The number of rotatable bonds is 4. The third-order valence-electron chi connectivity index (χ3n) is 5.09. The molecule has 1 aromatic heterocycles. The number of benzene rings is 2. The van der Waals surface area contributed by atoms with Gasteiger partial charge in [-0.15, -0.1) is 0 Å². The number of aromatic nitrogens is 3. The van der Waals surface area contributed by atoms with E-state index in [-0.39, 0.29) is 11.3 Å². The van der Waals surface area contributed by atoms with Crippen molar-refractivity contribution >= 4 is 5.71 Å². The van der Waals surface area contributed by atoms with Crippen molar-refractivity contribution in [2.75, 3.05) is 0 Å². The van der Waals surface area contributed by atoms with E-state index in [9.17, 15) is 40.3 Å². The largest absolute Gasteiger partial charge is 0.460 e. The first-order valence-corrected chi connectivity index (χ1v) is 9.32. The molecule has 33 heavy (non-hydrogen) atoms. The molecule has 0 saturated heterocycles. The lowest BCUT2D eigenvalue weighted by atomic mass is 10.0. The molecule has 0 amide bonds. The van der Waals surface area contributed by atoms with E-state index in [0.29, 0.717) is 13.9 Å². The van der Waals surface area contributed by atoms with Crippen LogP contribution in [0.2, 0.25) is 0 Å². The topological polar surface area (TPSA) is 61.3 Å². The Morgan fingerprint density at radius 2 is 1.33 bits per heavy atom. The SMILES string of the molecule is O=c1n(-c2ccccc2)c(=O)n2n1CC(C(F)(F)C(F)(F)C(F)(F)F)=NC2c1ccccc1. The molecule has 1 unspecified atom stereocenters. The lowest BCUT2D eigenvalue weighted by Gasteiger charge is -2.32. The lowest BCUT2D eigenvalue weighted by molar-refractivity contribution is -0.336. The summed E-state index contributed by atoms with van der Waals surface area (Å²) < 4.78 is 96.4. The third-order valence-corrected chi connectivity index (χ3v) is 5.09. The maximum atomic E-state index is 14.5. The predicted octanol–water partition coefficient (Wildman–Crippen LogP) is 3.64. The number of nitrogens with zero attached hydrogens (tertiary/aromatic N) is 4. The average molecular weight is 474 g/mol. The molecule has 0 radical (unpaired) electrons. The molecular weight excluding hydrogens is 461 g/mol. The van der Waals surface area contributed by atoms with Crippen molar-refractivity contribution in [3.05, 3.63) is 87.2 Å². The predicted molar refractivity (Wildman–Crippen MR) is 102 cm³/mol. The molecule has 2 heterocycles. The number of hydrogen-bond acceptors (Lipinski definition) is 3. The van der Waals surface area contributed by atoms with Gasteiger partial charge in [-0.25, -0.2) is 23.5 Å². The molecule has 0 saturated carbocycles. The van der Waals surface area contributed by atoms with Gasteiger partial charge in [0, 0.05) is 0 Å². The van der Waals surface area contributed by atoms with Crippen LogP contribution in [-0.2, 0) is 6.54 Å². The molecule has 2 aromatic carbocycles. The number of alkyl halides is 7. The standard InChI is InChI=1S/C20H13F7N4O2/c21-18(22,19(23,24)20(25,26)27)14-11-29-16(32)30(13-9-5-2-6-10-13)17(33)31(29)15(28-14)12-7-3-1-4-8-12/h1-10,15H,11H2. The van der Waals surface area contributed by atoms with Gasteiger partial charge in [0.2, 0.25) is 0 Å². The summed E-state index contributed by atoms with van der Waals surface area (Å²) in [6.07, 6.45) is -8.37. The third kappa shape index (κ3) is 3.38. The number of fused-ring (bicyclic) bond motifs is 1. The first kappa shape index (κ1) is 22.6. The highest BCUT2D eigenvalue weighted by Gasteiger charge is 2.75. The fraction of sp³-hybridized carbons (Fsp3) is 0.250. The molecule has 1 aliphatic heterocycles. The Labute approximate surface area is 179 Å². The minimum Gasteiger partial charge on any atom is -0.254 e. The van der Waals surface area contributed by atoms with Gasteiger partial charge in [-0.2, -0.15) is 30.7 Å². The molecule has 3 aromatic rings. The quantitative estimate of drug-likeness (QED) is 0.543. The Morgan fingerprint density at radius 1 is 0.788 bits per heavy atom. The molecule has 4 rings (SSSR count). The summed E-state index contributed by atoms with van der Waals surface area (Å²) in [5.74, 6) is -12.2. The highest BCUT2D eigenvalue weighted by molar-refractivity contribution is 5.92. The van der Waals surface area contributed by atoms with Crippen molar-refractivity contribution in [2.24, 2.45) is 4.99 Å². The van der Waals surface area contributed by atoms with Crippen molar-refractivity contribution < 1.29 is 30.7 Å². The molecule has 174 valence electrons. The number of aliphatic imine (C=N–C) groups is 1. The van der Waals surface area contributed by atoms with E-state index in [2.05, 4.69) is 4.99 Å². The van der Waals surface area contributed by atoms with Crippen LogP contribution in [0.5, 0.6) is 0 Å². The van der Waals surface area contributed by atoms with Crippen LogP contribution in [0.3, 0.4) is 0 Å². The molecule has 0 fully saturated rings. The Kier molecular flexibility index (Phi) is 5.10. The van der Waals surface area contributed by atoms with E-state index in [1.165, 1.54) is 54.6 Å². The Morgan fingerprint density at radius 3 is 1.88 bits per heavy atom. The van der Waals surface area contributed by atoms with Crippen LogP contribution in [0.1, 0.15) is 11.7 Å². The van der Waals surface area contributed by atoms with Crippen LogP contribution in [-0.4, -0.2) is 37.7 Å². The van der Waals surface area contributed by atoms with Crippen LogP contribution in [0, 0.1) is 0 Å². The zero-order chi connectivity index (χ0) is 24.2. The van der Waals surface area contributed by atoms with Crippen LogP contribution < -0.4 is 11.4 Å². The summed E-state index contributed by atoms with van der Waals surface area (Å²) in [5.41, 5.74) is -4.06. The normalized spacial score (nSPS) is 16.9. The zero-order valence-electron chi connectivity index (χ0n) is 16.3. The summed E-state index contributed by atoms with van der Waals surface area (Å²) >= 11 is 0. The first-order valence-electron chi connectivity index (χ1n) is 9.32. The van der Waals surface area contributed by atoms with Crippen molar-refractivity contribution in [1.29, 1.82) is 0 Å². The van der Waals surface area contributed by atoms with Crippen molar-refractivity contribution in [3.63, 3.8) is 0 Å². The van der Waals surface area contributed by atoms with E-state index in [1.807, 2.05) is 0 Å². The molecule has 0 spiro atoms. The van der Waals surface area contributed by atoms with Crippen molar-refractivity contribution in [2.45, 2.75) is 30.7 Å². The molecule has 1 atom stereocenters. The van der Waals surface area contributed by atoms with E-state index < -0.39 is 47.8 Å². The first-order chi connectivity index (χ1) is 15.4. The van der Waals surface area contributed by atoms with E-state index >= 15 is 0 Å². The number of halogens is 7. The van der Waals surface area contributed by atoms with Crippen LogP contribution in [0.15, 0.2) is 75.2 Å². The van der Waals surface area contributed by atoms with Gasteiger partial charge >= 0.3 is 29.4 Å². The van der Waals surface area contributed by atoms with E-state index in [1.54, 1.807) is 6.07 Å². The molecule has 0 aliphatic carbocycles. The average Bonchev–Trinajstić information content (AvgIpc) is 3.03. The molecule has 13 heteroatoms. The van der Waals surface area contributed by atoms with Gasteiger partial charge in [0.1, 0.15) is 5.71 Å². The second-order valence-electron chi connectivity index (χ2n) is 7.15. The summed E-state index contributed by atoms with van der Waals surface area (Å²) in [5, 5.41) is 0. The highest BCUT2D eigenvalue weighted by Crippen LogP contribution is 2.48. The maximum Gasteiger partial charge on any atom is 0.460 e. The van der Waals surface area contributed by atoms with Gasteiger partial charge in [0.25, 0.3) is 0 Å². The summed E-state index contributed by atoms with van der Waals surface area (Å²) in [4.78, 5) is 29.4. The highest BCUT2D eigenvalue weighted by atomic mass is 19.4. The Balaban J connectivity index is 1.97. The molecule has 6 nitrogen and oxygen atoms in total. The Bertz CT molecular complexity index is 1320. The second kappa shape index (κ2) is 7.46. The van der Waals surface area contributed by atoms with Crippen LogP contribution in [0.4, 0.5) is 30.7 Å². The van der Waals surface area contributed by atoms with Crippen molar-refractivity contribution in [3.8, 4) is 5.69 Å². The molecule has 1 aliphatic rings.